The molecule has 11 heteroatoms. The van der Waals surface area contributed by atoms with Crippen molar-refractivity contribution in [1.29, 1.82) is 0 Å². The van der Waals surface area contributed by atoms with E-state index in [-0.39, 0.29) is 23.6 Å². The first-order valence-electron chi connectivity index (χ1n) is 14.5. The second-order valence-electron chi connectivity index (χ2n) is 10.5. The number of thiazole rings is 1. The summed E-state index contributed by atoms with van der Waals surface area (Å²) in [7, 11) is 1.57. The summed E-state index contributed by atoms with van der Waals surface area (Å²) >= 11 is 11.2. The van der Waals surface area contributed by atoms with Gasteiger partial charge in [-0.15, -0.1) is 0 Å². The predicted molar refractivity (Wildman–Crippen MR) is 178 cm³/mol. The molecule has 0 bridgehead atoms. The zero-order valence-electron chi connectivity index (χ0n) is 24.8. The summed E-state index contributed by atoms with van der Waals surface area (Å²) in [6.07, 6.45) is 1.23. The highest BCUT2D eigenvalue weighted by atomic mass is 79.9. The van der Waals surface area contributed by atoms with Crippen molar-refractivity contribution in [2.75, 3.05) is 18.6 Å². The number of hydrogen-bond acceptors (Lipinski definition) is 7. The first kappa shape index (κ1) is 31.0. The number of amides is 1. The lowest BCUT2D eigenvalue weighted by molar-refractivity contribution is -0.139. The van der Waals surface area contributed by atoms with Gasteiger partial charge in [0.05, 0.1) is 53.3 Å². The van der Waals surface area contributed by atoms with Gasteiger partial charge < -0.3 is 14.4 Å². The standard InChI is InChI=1S/C34H29BrClN3O5S/c1-4-10-24-28(33(42)44-5-2)29(19-15-16-26(43-3)22(35)17-19)39-32(41)30(45-34(39)37-24)27-21-12-7-9-14-25(21)38(31(27)40)18-20-11-6-8-13-23(20)36/h6-9,11-17,29H,4-5,10,18H2,1-3H3/b30-27+/t29-/m0/s1. The number of carbonyl (C=O) groups is 2. The highest BCUT2D eigenvalue weighted by Crippen LogP contribution is 2.38. The van der Waals surface area contributed by atoms with Crippen LogP contribution in [0.2, 0.25) is 5.02 Å². The maximum absolute atomic E-state index is 14.5. The Hall–Kier alpha value is -3.99. The van der Waals surface area contributed by atoms with Gasteiger partial charge in [0.1, 0.15) is 10.3 Å². The second kappa shape index (κ2) is 12.8. The molecule has 0 radical (unpaired) electrons. The monoisotopic (exact) mass is 705 g/mol. The van der Waals surface area contributed by atoms with Crippen LogP contribution in [-0.2, 0) is 20.9 Å². The van der Waals surface area contributed by atoms with E-state index in [0.29, 0.717) is 60.1 Å². The number of anilines is 1. The molecule has 0 spiro atoms. The number of methoxy groups -OCH3 is 1. The Bertz CT molecular complexity index is 2070. The Morgan fingerprint density at radius 1 is 1.07 bits per heavy atom. The molecule has 8 nitrogen and oxygen atoms in total. The van der Waals surface area contributed by atoms with Gasteiger partial charge in [0.2, 0.25) is 0 Å². The van der Waals surface area contributed by atoms with Crippen LogP contribution in [0.1, 0.15) is 49.4 Å². The number of hydrogen-bond donors (Lipinski definition) is 0. The Morgan fingerprint density at radius 3 is 2.53 bits per heavy atom. The fourth-order valence-electron chi connectivity index (χ4n) is 5.79. The Balaban J connectivity index is 1.61. The van der Waals surface area contributed by atoms with Crippen LogP contribution in [0.15, 0.2) is 92.3 Å². The third kappa shape index (κ3) is 5.45. The quantitative estimate of drug-likeness (QED) is 0.212. The minimum absolute atomic E-state index is 0.169. The van der Waals surface area contributed by atoms with Crippen molar-refractivity contribution in [3.05, 3.63) is 124 Å². The first-order chi connectivity index (χ1) is 21.8. The minimum atomic E-state index is -0.829. The molecule has 3 aromatic carbocycles. The molecule has 0 saturated carbocycles. The number of aromatic nitrogens is 1. The summed E-state index contributed by atoms with van der Waals surface area (Å²) in [6, 6.07) is 19.4. The van der Waals surface area contributed by atoms with Crippen LogP contribution in [0.3, 0.4) is 0 Å². The summed E-state index contributed by atoms with van der Waals surface area (Å²) < 4.78 is 13.4. The molecule has 0 aliphatic carbocycles. The largest absolute Gasteiger partial charge is 0.496 e. The van der Waals surface area contributed by atoms with Crippen LogP contribution < -0.4 is 24.5 Å². The van der Waals surface area contributed by atoms with E-state index in [2.05, 4.69) is 15.9 Å². The van der Waals surface area contributed by atoms with E-state index in [1.165, 1.54) is 4.57 Å². The van der Waals surface area contributed by atoms with Gasteiger partial charge in [-0.2, -0.15) is 0 Å². The van der Waals surface area contributed by atoms with Gasteiger partial charge in [-0.3, -0.25) is 14.2 Å². The van der Waals surface area contributed by atoms with Gasteiger partial charge >= 0.3 is 5.97 Å². The Morgan fingerprint density at radius 2 is 1.82 bits per heavy atom. The van der Waals surface area contributed by atoms with E-state index in [4.69, 9.17) is 26.1 Å². The van der Waals surface area contributed by atoms with E-state index in [9.17, 15) is 14.4 Å². The van der Waals surface area contributed by atoms with E-state index in [1.807, 2.05) is 61.5 Å². The van der Waals surface area contributed by atoms with Crippen molar-refractivity contribution in [2.45, 2.75) is 39.3 Å². The van der Waals surface area contributed by atoms with Gasteiger partial charge in [0.25, 0.3) is 11.5 Å². The zero-order valence-corrected chi connectivity index (χ0v) is 28.0. The molecule has 45 heavy (non-hydrogen) atoms. The third-order valence-corrected chi connectivity index (χ3v) is 9.84. The lowest BCUT2D eigenvalue weighted by atomic mass is 9.94. The molecule has 6 rings (SSSR count). The van der Waals surface area contributed by atoms with E-state index in [1.54, 1.807) is 31.1 Å². The molecule has 0 saturated heterocycles. The molecule has 0 unspecified atom stereocenters. The topological polar surface area (TPSA) is 90.2 Å². The van der Waals surface area contributed by atoms with Crippen molar-refractivity contribution in [3.8, 4) is 5.75 Å². The van der Waals surface area contributed by atoms with Crippen molar-refractivity contribution in [1.82, 2.24) is 4.57 Å². The van der Waals surface area contributed by atoms with Crippen molar-refractivity contribution >= 4 is 62.0 Å². The molecule has 1 aromatic heterocycles. The van der Waals surface area contributed by atoms with Crippen LogP contribution in [0.25, 0.3) is 5.57 Å². The summed E-state index contributed by atoms with van der Waals surface area (Å²) in [5, 5.41) is 0.552. The summed E-state index contributed by atoms with van der Waals surface area (Å²) in [6.45, 7) is 4.16. The molecule has 2 aliphatic rings. The number of halogens is 2. The van der Waals surface area contributed by atoms with E-state index in [0.717, 1.165) is 23.3 Å². The molecule has 230 valence electrons. The van der Waals surface area contributed by atoms with Crippen LogP contribution in [0.5, 0.6) is 5.75 Å². The molecule has 0 N–H and O–H groups in total. The minimum Gasteiger partial charge on any atom is -0.496 e. The van der Waals surface area contributed by atoms with Crippen LogP contribution in [0.4, 0.5) is 5.69 Å². The number of fused-ring (bicyclic) bond motifs is 2. The van der Waals surface area contributed by atoms with Gasteiger partial charge in [-0.05, 0) is 64.7 Å². The fraction of sp³-hybridized carbons (Fsp3) is 0.235. The van der Waals surface area contributed by atoms with E-state index >= 15 is 0 Å². The number of benzene rings is 3. The average molecular weight is 707 g/mol. The first-order valence-corrected chi connectivity index (χ1v) is 16.5. The lowest BCUT2D eigenvalue weighted by Crippen LogP contribution is -2.41. The number of nitrogens with zero attached hydrogens (tertiary/aromatic N) is 3. The molecule has 1 amide bonds. The Labute approximate surface area is 277 Å². The third-order valence-electron chi connectivity index (χ3n) is 7.80. The number of para-hydroxylation sites is 1. The molecule has 1 atom stereocenters. The number of ether oxygens (including phenoxy) is 2. The molecular formula is C34H29BrClN3O5S. The van der Waals surface area contributed by atoms with Gasteiger partial charge in [-0.25, -0.2) is 9.79 Å². The number of rotatable bonds is 8. The normalized spacial score (nSPS) is 16.8. The number of carbonyl (C=O) groups excluding carboxylic acids is 2. The van der Waals surface area contributed by atoms with Crippen molar-refractivity contribution in [2.24, 2.45) is 4.99 Å². The molecule has 3 heterocycles. The summed E-state index contributed by atoms with van der Waals surface area (Å²) in [4.78, 5) is 49.2. The maximum atomic E-state index is 14.5. The number of esters is 1. The van der Waals surface area contributed by atoms with Crippen molar-refractivity contribution < 1.29 is 19.1 Å². The second-order valence-corrected chi connectivity index (χ2v) is 12.7. The summed E-state index contributed by atoms with van der Waals surface area (Å²) in [5.41, 5.74) is 3.56. The van der Waals surface area contributed by atoms with Crippen LogP contribution in [-0.4, -0.2) is 30.2 Å². The van der Waals surface area contributed by atoms with Crippen LogP contribution in [0, 0.1) is 0 Å². The fourth-order valence-corrected chi connectivity index (χ4v) is 7.66. The maximum Gasteiger partial charge on any atom is 0.338 e. The van der Waals surface area contributed by atoms with Crippen molar-refractivity contribution in [3.63, 3.8) is 0 Å². The molecule has 2 aliphatic heterocycles. The average Bonchev–Trinajstić information content (AvgIpc) is 3.49. The Kier molecular flexibility index (Phi) is 8.81. The smallest absolute Gasteiger partial charge is 0.338 e. The SMILES string of the molecule is CCCC1=C(C(=O)OCC)[C@H](c2ccc(OC)c(Br)c2)n2c(s/c(=C3/C(=O)N(Cc4ccccc4Cl)c4ccccc43)c2=O)=N1. The van der Waals surface area contributed by atoms with Gasteiger partial charge in [0.15, 0.2) is 4.80 Å². The van der Waals surface area contributed by atoms with Gasteiger partial charge in [0, 0.05) is 10.6 Å². The predicted octanol–water partition coefficient (Wildman–Crippen LogP) is 5.92. The summed E-state index contributed by atoms with van der Waals surface area (Å²) in [5.74, 6) is -0.230. The highest BCUT2D eigenvalue weighted by molar-refractivity contribution is 9.10. The molecule has 4 aromatic rings. The van der Waals surface area contributed by atoms with E-state index < -0.39 is 17.6 Å². The zero-order chi connectivity index (χ0) is 31.8. The molecular weight excluding hydrogens is 678 g/mol. The van der Waals surface area contributed by atoms with Gasteiger partial charge in [-0.1, -0.05) is 78.7 Å². The lowest BCUT2D eigenvalue weighted by Gasteiger charge is -2.26. The number of allylic oxidation sites excluding steroid dienone is 1. The highest BCUT2D eigenvalue weighted by Gasteiger charge is 2.38. The molecule has 0 fully saturated rings. The van der Waals surface area contributed by atoms with Crippen LogP contribution >= 0.6 is 38.9 Å².